The lowest BCUT2D eigenvalue weighted by Gasteiger charge is -2.35. The second-order valence-corrected chi connectivity index (χ2v) is 7.84. The van der Waals surface area contributed by atoms with Crippen molar-refractivity contribution in [3.05, 3.63) is 64.4 Å². The standard InChI is InChI=1S/C22H26BrFN2O3/c23-18-5-9-20(10-6-18)29-13-1-2-22(27)25-16-21(26-11-14-28-15-12-26)17-3-7-19(24)8-4-17/h3-10,21H,1-2,11-16H2,(H,25,27)/t21-/m0/s1. The number of nitrogens with one attached hydrogen (secondary N) is 1. The Balaban J connectivity index is 1.45. The third-order valence-corrected chi connectivity index (χ3v) is 5.39. The van der Waals surface area contributed by atoms with Crippen molar-refractivity contribution in [1.82, 2.24) is 10.2 Å². The maximum absolute atomic E-state index is 13.3. The van der Waals surface area contributed by atoms with Gasteiger partial charge >= 0.3 is 0 Å². The van der Waals surface area contributed by atoms with E-state index >= 15 is 0 Å². The van der Waals surface area contributed by atoms with Crippen LogP contribution in [0.25, 0.3) is 0 Å². The molecule has 1 heterocycles. The van der Waals surface area contributed by atoms with Gasteiger partial charge in [0.25, 0.3) is 0 Å². The van der Waals surface area contributed by atoms with Gasteiger partial charge in [0.2, 0.25) is 5.91 Å². The van der Waals surface area contributed by atoms with Crippen molar-refractivity contribution in [3.63, 3.8) is 0 Å². The quantitative estimate of drug-likeness (QED) is 0.571. The number of amides is 1. The summed E-state index contributed by atoms with van der Waals surface area (Å²) in [5.74, 6) is 0.520. The smallest absolute Gasteiger partial charge is 0.220 e. The van der Waals surface area contributed by atoms with Crippen molar-refractivity contribution in [1.29, 1.82) is 0 Å². The minimum atomic E-state index is -0.260. The number of carbonyl (C=O) groups excluding carboxylic acids is 1. The van der Waals surface area contributed by atoms with Crippen LogP contribution in [0.15, 0.2) is 53.0 Å². The van der Waals surface area contributed by atoms with Crippen LogP contribution in [0.3, 0.4) is 0 Å². The Morgan fingerprint density at radius 1 is 1.14 bits per heavy atom. The molecule has 0 radical (unpaired) electrons. The Morgan fingerprint density at radius 3 is 2.52 bits per heavy atom. The molecule has 5 nitrogen and oxygen atoms in total. The van der Waals surface area contributed by atoms with E-state index in [2.05, 4.69) is 26.1 Å². The molecule has 1 aliphatic heterocycles. The lowest BCUT2D eigenvalue weighted by Crippen LogP contribution is -2.43. The Hall–Kier alpha value is -1.96. The fourth-order valence-corrected chi connectivity index (χ4v) is 3.55. The zero-order valence-electron chi connectivity index (χ0n) is 16.3. The number of halogens is 2. The van der Waals surface area contributed by atoms with Crippen LogP contribution in [0.2, 0.25) is 0 Å². The molecule has 1 N–H and O–H groups in total. The van der Waals surface area contributed by atoms with Crippen LogP contribution in [0.4, 0.5) is 4.39 Å². The normalized spacial score (nSPS) is 15.7. The molecule has 1 aliphatic rings. The predicted octanol–water partition coefficient (Wildman–Crippen LogP) is 3.94. The lowest BCUT2D eigenvalue weighted by molar-refractivity contribution is -0.121. The summed E-state index contributed by atoms with van der Waals surface area (Å²) in [6, 6.07) is 14.1. The first-order valence-electron chi connectivity index (χ1n) is 9.84. The molecule has 156 valence electrons. The van der Waals surface area contributed by atoms with Crippen LogP contribution < -0.4 is 10.1 Å². The first-order valence-corrected chi connectivity index (χ1v) is 10.6. The van der Waals surface area contributed by atoms with E-state index in [-0.39, 0.29) is 17.8 Å². The maximum atomic E-state index is 13.3. The number of hydrogen-bond acceptors (Lipinski definition) is 4. The fourth-order valence-electron chi connectivity index (χ4n) is 3.28. The van der Waals surface area contributed by atoms with E-state index in [4.69, 9.17) is 9.47 Å². The molecular formula is C22H26BrFN2O3. The summed E-state index contributed by atoms with van der Waals surface area (Å²) in [6.07, 6.45) is 1.04. The number of nitrogens with zero attached hydrogens (tertiary/aromatic N) is 1. The first-order chi connectivity index (χ1) is 14.1. The van der Waals surface area contributed by atoms with Gasteiger partial charge in [0.1, 0.15) is 11.6 Å². The summed E-state index contributed by atoms with van der Waals surface area (Å²) in [5.41, 5.74) is 0.993. The van der Waals surface area contributed by atoms with Crippen molar-refractivity contribution in [2.24, 2.45) is 0 Å². The number of morpholine rings is 1. The number of hydrogen-bond donors (Lipinski definition) is 1. The van der Waals surface area contributed by atoms with E-state index in [1.807, 2.05) is 24.3 Å². The molecular weight excluding hydrogens is 439 g/mol. The SMILES string of the molecule is O=C(CCCOc1ccc(Br)cc1)NC[C@@H](c1ccc(F)cc1)N1CCOCC1. The maximum Gasteiger partial charge on any atom is 0.220 e. The van der Waals surface area contributed by atoms with Gasteiger partial charge in [-0.2, -0.15) is 0 Å². The summed E-state index contributed by atoms with van der Waals surface area (Å²) >= 11 is 3.39. The lowest BCUT2D eigenvalue weighted by atomic mass is 10.0. The molecule has 0 bridgehead atoms. The van der Waals surface area contributed by atoms with Crippen LogP contribution in [-0.4, -0.2) is 50.3 Å². The average Bonchev–Trinajstić information content (AvgIpc) is 2.75. The molecule has 29 heavy (non-hydrogen) atoms. The molecule has 0 spiro atoms. The fraction of sp³-hybridized carbons (Fsp3) is 0.409. The van der Waals surface area contributed by atoms with Crippen LogP contribution in [0.5, 0.6) is 5.75 Å². The highest BCUT2D eigenvalue weighted by molar-refractivity contribution is 9.10. The van der Waals surface area contributed by atoms with E-state index in [9.17, 15) is 9.18 Å². The molecule has 1 fully saturated rings. The van der Waals surface area contributed by atoms with Crippen molar-refractivity contribution in [2.75, 3.05) is 39.5 Å². The van der Waals surface area contributed by atoms with E-state index in [0.717, 1.165) is 28.9 Å². The highest BCUT2D eigenvalue weighted by Crippen LogP contribution is 2.22. The van der Waals surface area contributed by atoms with Gasteiger partial charge in [-0.15, -0.1) is 0 Å². The van der Waals surface area contributed by atoms with Gasteiger partial charge in [0.15, 0.2) is 0 Å². The zero-order chi connectivity index (χ0) is 20.5. The van der Waals surface area contributed by atoms with Gasteiger partial charge in [0.05, 0.1) is 25.9 Å². The second-order valence-electron chi connectivity index (χ2n) is 6.93. The topological polar surface area (TPSA) is 50.8 Å². The van der Waals surface area contributed by atoms with Crippen LogP contribution in [0.1, 0.15) is 24.4 Å². The van der Waals surface area contributed by atoms with E-state index < -0.39 is 0 Å². The summed E-state index contributed by atoms with van der Waals surface area (Å²) in [5, 5.41) is 3.02. The van der Waals surface area contributed by atoms with Crippen molar-refractivity contribution < 1.29 is 18.7 Å². The third-order valence-electron chi connectivity index (χ3n) is 4.86. The van der Waals surface area contributed by atoms with Crippen molar-refractivity contribution in [3.8, 4) is 5.75 Å². The predicted molar refractivity (Wildman–Crippen MR) is 113 cm³/mol. The second kappa shape index (κ2) is 11.3. The number of rotatable bonds is 9. The van der Waals surface area contributed by atoms with Gasteiger partial charge < -0.3 is 14.8 Å². The molecule has 1 saturated heterocycles. The average molecular weight is 465 g/mol. The van der Waals surface area contributed by atoms with Gasteiger partial charge in [-0.05, 0) is 48.4 Å². The molecule has 0 aromatic heterocycles. The Labute approximate surface area is 179 Å². The van der Waals surface area contributed by atoms with Crippen LogP contribution in [0, 0.1) is 5.82 Å². The molecule has 0 aliphatic carbocycles. The molecule has 1 amide bonds. The molecule has 7 heteroatoms. The first kappa shape index (κ1) is 21.7. The highest BCUT2D eigenvalue weighted by atomic mass is 79.9. The molecule has 1 atom stereocenters. The van der Waals surface area contributed by atoms with Crippen LogP contribution in [-0.2, 0) is 9.53 Å². The van der Waals surface area contributed by atoms with E-state index in [0.29, 0.717) is 39.2 Å². The van der Waals surface area contributed by atoms with Crippen molar-refractivity contribution in [2.45, 2.75) is 18.9 Å². The largest absolute Gasteiger partial charge is 0.494 e. The van der Waals surface area contributed by atoms with Crippen molar-refractivity contribution >= 4 is 21.8 Å². The number of benzene rings is 2. The zero-order valence-corrected chi connectivity index (χ0v) is 17.9. The third kappa shape index (κ3) is 7.10. The summed E-state index contributed by atoms with van der Waals surface area (Å²) in [7, 11) is 0. The highest BCUT2D eigenvalue weighted by Gasteiger charge is 2.23. The minimum absolute atomic E-state index is 0.00228. The summed E-state index contributed by atoms with van der Waals surface area (Å²) in [4.78, 5) is 14.6. The minimum Gasteiger partial charge on any atom is -0.494 e. The molecule has 0 unspecified atom stereocenters. The Bertz CT molecular complexity index is 765. The van der Waals surface area contributed by atoms with Gasteiger partial charge in [-0.3, -0.25) is 9.69 Å². The van der Waals surface area contributed by atoms with Gasteiger partial charge in [-0.1, -0.05) is 28.1 Å². The molecule has 2 aromatic carbocycles. The van der Waals surface area contributed by atoms with Gasteiger partial charge in [-0.25, -0.2) is 4.39 Å². The van der Waals surface area contributed by atoms with E-state index in [1.54, 1.807) is 12.1 Å². The van der Waals surface area contributed by atoms with Gasteiger partial charge in [0, 0.05) is 30.5 Å². The number of ether oxygens (including phenoxy) is 2. The molecule has 3 rings (SSSR count). The molecule has 2 aromatic rings. The summed E-state index contributed by atoms with van der Waals surface area (Å²) in [6.45, 7) is 3.88. The summed E-state index contributed by atoms with van der Waals surface area (Å²) < 4.78 is 25.4. The Kier molecular flexibility index (Phi) is 8.46. The molecule has 0 saturated carbocycles. The monoisotopic (exact) mass is 464 g/mol. The van der Waals surface area contributed by atoms with Crippen LogP contribution >= 0.6 is 15.9 Å². The van der Waals surface area contributed by atoms with E-state index in [1.165, 1.54) is 12.1 Å². The number of carbonyl (C=O) groups is 1. The Morgan fingerprint density at radius 2 is 1.83 bits per heavy atom.